The number of para-hydroxylation sites is 2. The topological polar surface area (TPSA) is 64.4 Å². The molecule has 0 saturated carbocycles. The minimum atomic E-state index is -0.285. The number of hydrogen-bond acceptors (Lipinski definition) is 4. The minimum Gasteiger partial charge on any atom is -0.492 e. The predicted octanol–water partition coefficient (Wildman–Crippen LogP) is 4.17. The van der Waals surface area contributed by atoms with Crippen molar-refractivity contribution in [3.63, 3.8) is 0 Å². The Hall–Kier alpha value is -4.19. The molecular formula is C26H23N3O3. The highest BCUT2D eigenvalue weighted by Crippen LogP contribution is 2.19. The van der Waals surface area contributed by atoms with Crippen molar-refractivity contribution < 1.29 is 9.53 Å². The standard InChI is InChI=1S/C26H23N3O3/c30-25-17-16-24(27-29(25)18-19-32-23-14-8-3-9-15-23)26(31)28(22-12-6-2-7-13-22)20-21-10-4-1-5-11-21/h1-17H,18-20H2. The van der Waals surface area contributed by atoms with Crippen molar-refractivity contribution in [3.8, 4) is 5.75 Å². The molecule has 0 aliphatic carbocycles. The van der Waals surface area contributed by atoms with Gasteiger partial charge < -0.3 is 9.64 Å². The average molecular weight is 425 g/mol. The van der Waals surface area contributed by atoms with E-state index in [2.05, 4.69) is 5.10 Å². The number of nitrogens with zero attached hydrogens (tertiary/aromatic N) is 3. The largest absolute Gasteiger partial charge is 0.492 e. The maximum atomic E-state index is 13.4. The number of aromatic nitrogens is 2. The third-order valence-corrected chi connectivity index (χ3v) is 4.90. The second kappa shape index (κ2) is 10.2. The predicted molar refractivity (Wildman–Crippen MR) is 124 cm³/mol. The minimum absolute atomic E-state index is 0.198. The van der Waals surface area contributed by atoms with Gasteiger partial charge in [0, 0.05) is 11.8 Å². The van der Waals surface area contributed by atoms with Gasteiger partial charge in [0.05, 0.1) is 13.1 Å². The van der Waals surface area contributed by atoms with Crippen LogP contribution in [0.2, 0.25) is 0 Å². The van der Waals surface area contributed by atoms with Gasteiger partial charge >= 0.3 is 0 Å². The van der Waals surface area contributed by atoms with E-state index in [0.717, 1.165) is 11.3 Å². The molecule has 4 rings (SSSR count). The lowest BCUT2D eigenvalue weighted by atomic mass is 10.2. The molecule has 4 aromatic rings. The van der Waals surface area contributed by atoms with Gasteiger partial charge in [-0.3, -0.25) is 9.59 Å². The molecule has 1 aromatic heterocycles. The Kier molecular flexibility index (Phi) is 6.72. The fourth-order valence-corrected chi connectivity index (χ4v) is 3.28. The quantitative estimate of drug-likeness (QED) is 0.425. The van der Waals surface area contributed by atoms with Crippen LogP contribution in [-0.2, 0) is 13.1 Å². The summed E-state index contributed by atoms with van der Waals surface area (Å²) in [6.07, 6.45) is 0. The number of carbonyl (C=O) groups excluding carboxylic acids is 1. The molecule has 6 heteroatoms. The lowest BCUT2D eigenvalue weighted by Crippen LogP contribution is -2.34. The van der Waals surface area contributed by atoms with Gasteiger partial charge in [-0.2, -0.15) is 5.10 Å². The Labute approximate surface area is 186 Å². The lowest BCUT2D eigenvalue weighted by molar-refractivity contribution is 0.0977. The Balaban J connectivity index is 1.55. The maximum Gasteiger partial charge on any atom is 0.279 e. The molecule has 3 aromatic carbocycles. The molecular weight excluding hydrogens is 402 g/mol. The molecule has 0 saturated heterocycles. The molecule has 160 valence electrons. The number of benzene rings is 3. The molecule has 1 amide bonds. The van der Waals surface area contributed by atoms with E-state index in [0.29, 0.717) is 12.3 Å². The Morgan fingerprint density at radius 1 is 0.812 bits per heavy atom. The Bertz CT molecular complexity index is 1210. The molecule has 6 nitrogen and oxygen atoms in total. The summed E-state index contributed by atoms with van der Waals surface area (Å²) in [6, 6.07) is 31.4. The van der Waals surface area contributed by atoms with E-state index in [9.17, 15) is 9.59 Å². The molecule has 0 aliphatic rings. The SMILES string of the molecule is O=C(c1ccc(=O)n(CCOc2ccccc2)n1)N(Cc1ccccc1)c1ccccc1. The van der Waals surface area contributed by atoms with Crippen LogP contribution in [0.1, 0.15) is 16.1 Å². The summed E-state index contributed by atoms with van der Waals surface area (Å²) in [7, 11) is 0. The first-order valence-electron chi connectivity index (χ1n) is 10.4. The van der Waals surface area contributed by atoms with Gasteiger partial charge in [-0.25, -0.2) is 4.68 Å². The monoisotopic (exact) mass is 425 g/mol. The van der Waals surface area contributed by atoms with Crippen molar-refractivity contribution in [1.82, 2.24) is 9.78 Å². The Morgan fingerprint density at radius 3 is 2.12 bits per heavy atom. The summed E-state index contributed by atoms with van der Waals surface area (Å²) in [6.45, 7) is 0.890. The first-order valence-corrected chi connectivity index (χ1v) is 10.4. The molecule has 0 atom stereocenters. The van der Waals surface area contributed by atoms with Crippen LogP contribution in [-0.4, -0.2) is 22.3 Å². The van der Waals surface area contributed by atoms with Crippen molar-refractivity contribution in [1.29, 1.82) is 0 Å². The van der Waals surface area contributed by atoms with Gasteiger partial charge in [-0.15, -0.1) is 0 Å². The van der Waals surface area contributed by atoms with Gasteiger partial charge in [0.1, 0.15) is 18.1 Å². The van der Waals surface area contributed by atoms with E-state index in [1.165, 1.54) is 16.8 Å². The number of anilines is 1. The molecule has 0 bridgehead atoms. The number of hydrogen-bond donors (Lipinski definition) is 0. The van der Waals surface area contributed by atoms with Crippen LogP contribution in [0.5, 0.6) is 5.75 Å². The van der Waals surface area contributed by atoms with Crippen LogP contribution in [0, 0.1) is 0 Å². The highest BCUT2D eigenvalue weighted by molar-refractivity contribution is 6.04. The second-order valence-corrected chi connectivity index (χ2v) is 7.15. The normalized spacial score (nSPS) is 10.5. The summed E-state index contributed by atoms with van der Waals surface area (Å²) >= 11 is 0. The maximum absolute atomic E-state index is 13.4. The van der Waals surface area contributed by atoms with Gasteiger partial charge in [-0.1, -0.05) is 66.7 Å². The molecule has 0 aliphatic heterocycles. The van der Waals surface area contributed by atoms with Crippen LogP contribution >= 0.6 is 0 Å². The molecule has 1 heterocycles. The molecule has 0 radical (unpaired) electrons. The third-order valence-electron chi connectivity index (χ3n) is 4.90. The molecule has 0 fully saturated rings. The molecule has 0 spiro atoms. The zero-order valence-corrected chi connectivity index (χ0v) is 17.5. The zero-order chi connectivity index (χ0) is 22.2. The van der Waals surface area contributed by atoms with E-state index < -0.39 is 0 Å². The van der Waals surface area contributed by atoms with E-state index in [-0.39, 0.29) is 30.3 Å². The number of amides is 1. The van der Waals surface area contributed by atoms with Gasteiger partial charge in [0.15, 0.2) is 0 Å². The smallest absolute Gasteiger partial charge is 0.279 e. The van der Waals surface area contributed by atoms with Crippen molar-refractivity contribution in [3.05, 3.63) is 125 Å². The van der Waals surface area contributed by atoms with Crippen molar-refractivity contribution in [2.75, 3.05) is 11.5 Å². The highest BCUT2D eigenvalue weighted by atomic mass is 16.5. The van der Waals surface area contributed by atoms with Crippen LogP contribution in [0.3, 0.4) is 0 Å². The fourth-order valence-electron chi connectivity index (χ4n) is 3.28. The van der Waals surface area contributed by atoms with Crippen LogP contribution < -0.4 is 15.2 Å². The summed E-state index contributed by atoms with van der Waals surface area (Å²) in [5.41, 5.74) is 1.67. The summed E-state index contributed by atoms with van der Waals surface area (Å²) in [4.78, 5) is 27.4. The van der Waals surface area contributed by atoms with Crippen LogP contribution in [0.15, 0.2) is 108 Å². The summed E-state index contributed by atoms with van der Waals surface area (Å²) in [5.74, 6) is 0.434. The highest BCUT2D eigenvalue weighted by Gasteiger charge is 2.20. The van der Waals surface area contributed by atoms with E-state index in [1.807, 2.05) is 91.0 Å². The Morgan fingerprint density at radius 2 is 1.44 bits per heavy atom. The van der Waals surface area contributed by atoms with Gasteiger partial charge in [-0.05, 0) is 35.9 Å². The third kappa shape index (κ3) is 5.29. The number of rotatable bonds is 8. The first kappa shape index (κ1) is 21.1. The number of carbonyl (C=O) groups is 1. The van der Waals surface area contributed by atoms with E-state index in [4.69, 9.17) is 4.74 Å². The molecule has 0 N–H and O–H groups in total. The zero-order valence-electron chi connectivity index (χ0n) is 17.5. The second-order valence-electron chi connectivity index (χ2n) is 7.15. The van der Waals surface area contributed by atoms with E-state index >= 15 is 0 Å². The van der Waals surface area contributed by atoms with Gasteiger partial charge in [0.2, 0.25) is 0 Å². The first-order chi connectivity index (χ1) is 15.7. The molecule has 0 unspecified atom stereocenters. The van der Waals surface area contributed by atoms with Crippen molar-refractivity contribution >= 4 is 11.6 Å². The van der Waals surface area contributed by atoms with Crippen molar-refractivity contribution in [2.24, 2.45) is 0 Å². The van der Waals surface area contributed by atoms with Crippen LogP contribution in [0.4, 0.5) is 5.69 Å². The average Bonchev–Trinajstić information content (AvgIpc) is 2.85. The van der Waals surface area contributed by atoms with Gasteiger partial charge in [0.25, 0.3) is 11.5 Å². The fraction of sp³-hybridized carbons (Fsp3) is 0.115. The van der Waals surface area contributed by atoms with E-state index in [1.54, 1.807) is 4.90 Å². The number of ether oxygens (including phenoxy) is 1. The lowest BCUT2D eigenvalue weighted by Gasteiger charge is -2.23. The van der Waals surface area contributed by atoms with Crippen LogP contribution in [0.25, 0.3) is 0 Å². The summed E-state index contributed by atoms with van der Waals surface area (Å²) < 4.78 is 6.93. The van der Waals surface area contributed by atoms with Crippen molar-refractivity contribution in [2.45, 2.75) is 13.1 Å². The molecule has 32 heavy (non-hydrogen) atoms. The summed E-state index contributed by atoms with van der Waals surface area (Å²) in [5, 5.41) is 4.32.